The summed E-state index contributed by atoms with van der Waals surface area (Å²) in [5, 5.41) is 2.85. The molecule has 154 valence electrons. The standard InChI is InChI=1S/C24H20N4O3/c1-16-6-11-19(31-16)14-26-23(29)18-9-7-17(8-10-18)15-28-22-20(4-2-12-25-22)27-13-3-5-21(27)24(28)30/h2-13H,14-15H2,1H3,(H,26,29). The first-order valence-corrected chi connectivity index (χ1v) is 9.97. The van der Waals surface area contributed by atoms with Crippen LogP contribution in [0.15, 0.2) is 82.3 Å². The summed E-state index contributed by atoms with van der Waals surface area (Å²) in [5.41, 5.74) is 3.43. The van der Waals surface area contributed by atoms with Crippen molar-refractivity contribution >= 4 is 22.6 Å². The van der Waals surface area contributed by atoms with Crippen LogP contribution in [0.1, 0.15) is 27.4 Å². The Bertz CT molecular complexity index is 1460. The molecule has 4 aromatic heterocycles. The number of benzene rings is 1. The first-order valence-electron chi connectivity index (χ1n) is 9.97. The number of aromatic nitrogens is 3. The number of carbonyl (C=O) groups is 1. The van der Waals surface area contributed by atoms with Crippen LogP contribution in [0.4, 0.5) is 0 Å². The summed E-state index contributed by atoms with van der Waals surface area (Å²) < 4.78 is 8.99. The van der Waals surface area contributed by atoms with Crippen LogP contribution < -0.4 is 10.9 Å². The van der Waals surface area contributed by atoms with E-state index in [1.54, 1.807) is 29.0 Å². The maximum Gasteiger partial charge on any atom is 0.276 e. The summed E-state index contributed by atoms with van der Waals surface area (Å²) in [4.78, 5) is 29.9. The van der Waals surface area contributed by atoms with E-state index in [-0.39, 0.29) is 11.5 Å². The van der Waals surface area contributed by atoms with Crippen LogP contribution in [0.5, 0.6) is 0 Å². The van der Waals surface area contributed by atoms with Crippen molar-refractivity contribution in [2.45, 2.75) is 20.0 Å². The predicted octanol–water partition coefficient (Wildman–Crippen LogP) is 3.53. The molecule has 1 N–H and O–H groups in total. The smallest absolute Gasteiger partial charge is 0.276 e. The van der Waals surface area contributed by atoms with Gasteiger partial charge in [0, 0.05) is 18.0 Å². The maximum absolute atomic E-state index is 13.0. The zero-order chi connectivity index (χ0) is 21.4. The second-order valence-corrected chi connectivity index (χ2v) is 7.39. The van der Waals surface area contributed by atoms with Crippen LogP contribution in [0.25, 0.3) is 16.7 Å². The number of hydrogen-bond acceptors (Lipinski definition) is 4. The van der Waals surface area contributed by atoms with E-state index in [0.717, 1.165) is 16.8 Å². The minimum absolute atomic E-state index is 0.105. The van der Waals surface area contributed by atoms with Crippen molar-refractivity contribution in [1.82, 2.24) is 19.3 Å². The number of nitrogens with zero attached hydrogens (tertiary/aromatic N) is 3. The highest BCUT2D eigenvalue weighted by atomic mass is 16.3. The SMILES string of the molecule is Cc1ccc(CNC(=O)c2ccc(Cn3c(=O)c4cccn4c4cccnc43)cc2)o1. The van der Waals surface area contributed by atoms with Gasteiger partial charge < -0.3 is 14.1 Å². The van der Waals surface area contributed by atoms with E-state index in [9.17, 15) is 9.59 Å². The predicted molar refractivity (Wildman–Crippen MR) is 117 cm³/mol. The summed E-state index contributed by atoms with van der Waals surface area (Å²) in [6.45, 7) is 2.56. The average Bonchev–Trinajstić information content (AvgIpc) is 3.45. The molecule has 7 nitrogen and oxygen atoms in total. The molecule has 1 amide bonds. The molecule has 4 heterocycles. The Kier molecular flexibility index (Phi) is 4.63. The third-order valence-corrected chi connectivity index (χ3v) is 5.27. The molecule has 0 fully saturated rings. The van der Waals surface area contributed by atoms with Gasteiger partial charge in [0.1, 0.15) is 17.0 Å². The highest BCUT2D eigenvalue weighted by Gasteiger charge is 2.12. The molecule has 5 rings (SSSR count). The molecule has 0 atom stereocenters. The second-order valence-electron chi connectivity index (χ2n) is 7.39. The zero-order valence-corrected chi connectivity index (χ0v) is 16.9. The monoisotopic (exact) mass is 412 g/mol. The van der Waals surface area contributed by atoms with Crippen molar-refractivity contribution in [2.75, 3.05) is 0 Å². The molecule has 0 aliphatic heterocycles. The fraction of sp³-hybridized carbons (Fsp3) is 0.125. The van der Waals surface area contributed by atoms with Gasteiger partial charge >= 0.3 is 0 Å². The van der Waals surface area contributed by atoms with Gasteiger partial charge in [0.15, 0.2) is 5.65 Å². The van der Waals surface area contributed by atoms with Crippen molar-refractivity contribution in [3.8, 4) is 0 Å². The zero-order valence-electron chi connectivity index (χ0n) is 16.9. The fourth-order valence-corrected chi connectivity index (χ4v) is 3.72. The Morgan fingerprint density at radius 1 is 1.03 bits per heavy atom. The number of fused-ring (bicyclic) bond motifs is 3. The molecule has 0 saturated carbocycles. The number of pyridine rings is 1. The van der Waals surface area contributed by atoms with Crippen LogP contribution >= 0.6 is 0 Å². The number of carbonyl (C=O) groups excluding carboxylic acids is 1. The lowest BCUT2D eigenvalue weighted by atomic mass is 10.1. The van der Waals surface area contributed by atoms with Crippen LogP contribution in [-0.4, -0.2) is 19.9 Å². The Morgan fingerprint density at radius 2 is 1.84 bits per heavy atom. The third kappa shape index (κ3) is 3.50. The quantitative estimate of drug-likeness (QED) is 0.479. The molecule has 0 radical (unpaired) electrons. The fourth-order valence-electron chi connectivity index (χ4n) is 3.72. The van der Waals surface area contributed by atoms with E-state index in [1.807, 2.05) is 60.0 Å². The molecule has 0 aliphatic carbocycles. The van der Waals surface area contributed by atoms with Crippen molar-refractivity contribution in [3.63, 3.8) is 0 Å². The lowest BCUT2D eigenvalue weighted by molar-refractivity contribution is 0.0948. The molecule has 0 saturated heterocycles. The highest BCUT2D eigenvalue weighted by Crippen LogP contribution is 2.15. The summed E-state index contributed by atoms with van der Waals surface area (Å²) in [7, 11) is 0. The van der Waals surface area contributed by atoms with Crippen molar-refractivity contribution in [2.24, 2.45) is 0 Å². The molecule has 0 aliphatic rings. The van der Waals surface area contributed by atoms with Gasteiger partial charge in [0.05, 0.1) is 18.6 Å². The molecular weight excluding hydrogens is 392 g/mol. The van der Waals surface area contributed by atoms with Crippen LogP contribution in [-0.2, 0) is 13.1 Å². The van der Waals surface area contributed by atoms with Gasteiger partial charge in [-0.2, -0.15) is 0 Å². The summed E-state index contributed by atoms with van der Waals surface area (Å²) >= 11 is 0. The minimum Gasteiger partial charge on any atom is -0.465 e. The molecule has 0 unspecified atom stereocenters. The number of rotatable bonds is 5. The molecule has 0 bridgehead atoms. The van der Waals surface area contributed by atoms with E-state index < -0.39 is 0 Å². The van der Waals surface area contributed by atoms with Crippen molar-refractivity contribution in [1.29, 1.82) is 0 Å². The van der Waals surface area contributed by atoms with E-state index in [1.165, 1.54) is 0 Å². The summed E-state index contributed by atoms with van der Waals surface area (Å²) in [5.74, 6) is 1.34. The van der Waals surface area contributed by atoms with Gasteiger partial charge in [0.2, 0.25) is 0 Å². The van der Waals surface area contributed by atoms with Crippen molar-refractivity contribution < 1.29 is 9.21 Å². The average molecular weight is 412 g/mol. The lowest BCUT2D eigenvalue weighted by Gasteiger charge is -2.12. The molecule has 1 aromatic carbocycles. The number of nitrogens with one attached hydrogen (secondary N) is 1. The van der Waals surface area contributed by atoms with E-state index >= 15 is 0 Å². The van der Waals surface area contributed by atoms with Gasteiger partial charge in [-0.15, -0.1) is 0 Å². The number of furan rings is 1. The summed E-state index contributed by atoms with van der Waals surface area (Å²) in [6, 6.07) is 18.4. The molecular formula is C24H20N4O3. The second kappa shape index (κ2) is 7.60. The normalized spacial score (nSPS) is 11.3. The number of aryl methyl sites for hydroxylation is 1. The lowest BCUT2D eigenvalue weighted by Crippen LogP contribution is -2.24. The van der Waals surface area contributed by atoms with Gasteiger partial charge in [-0.25, -0.2) is 4.98 Å². The molecule has 7 heteroatoms. The first-order chi connectivity index (χ1) is 15.1. The Labute approximate surface area is 177 Å². The van der Waals surface area contributed by atoms with E-state index in [0.29, 0.717) is 35.6 Å². The van der Waals surface area contributed by atoms with Crippen molar-refractivity contribution in [3.05, 3.63) is 106 Å². The van der Waals surface area contributed by atoms with Crippen LogP contribution in [0.3, 0.4) is 0 Å². The van der Waals surface area contributed by atoms with Crippen LogP contribution in [0, 0.1) is 6.92 Å². The number of hydrogen-bond donors (Lipinski definition) is 1. The summed E-state index contributed by atoms with van der Waals surface area (Å²) in [6.07, 6.45) is 3.55. The largest absolute Gasteiger partial charge is 0.465 e. The Hall–Kier alpha value is -4.13. The van der Waals surface area contributed by atoms with Gasteiger partial charge in [0.25, 0.3) is 11.5 Å². The maximum atomic E-state index is 13.0. The molecule has 0 spiro atoms. The third-order valence-electron chi connectivity index (χ3n) is 5.27. The Morgan fingerprint density at radius 3 is 2.61 bits per heavy atom. The van der Waals surface area contributed by atoms with Gasteiger partial charge in [-0.1, -0.05) is 12.1 Å². The molecule has 5 aromatic rings. The Balaban J connectivity index is 1.39. The van der Waals surface area contributed by atoms with E-state index in [4.69, 9.17) is 4.42 Å². The van der Waals surface area contributed by atoms with Crippen LogP contribution in [0.2, 0.25) is 0 Å². The molecule has 31 heavy (non-hydrogen) atoms. The highest BCUT2D eigenvalue weighted by molar-refractivity contribution is 5.94. The minimum atomic E-state index is -0.181. The van der Waals surface area contributed by atoms with E-state index in [2.05, 4.69) is 10.3 Å². The number of amides is 1. The van der Waals surface area contributed by atoms with Gasteiger partial charge in [-0.3, -0.25) is 14.2 Å². The van der Waals surface area contributed by atoms with Gasteiger partial charge in [-0.05, 0) is 61.0 Å². The topological polar surface area (TPSA) is 81.5 Å². The first kappa shape index (κ1) is 18.9.